The number of hydrogen-bond donors (Lipinski definition) is 1. The van der Waals surface area contributed by atoms with Crippen LogP contribution in [0.25, 0.3) is 0 Å². The summed E-state index contributed by atoms with van der Waals surface area (Å²) in [5.41, 5.74) is 0. The topological polar surface area (TPSA) is 55.8 Å². The van der Waals surface area contributed by atoms with E-state index in [1.807, 2.05) is 0 Å². The molecule has 12 heavy (non-hydrogen) atoms. The molecule has 1 N–H and O–H groups in total. The van der Waals surface area contributed by atoms with Gasteiger partial charge >= 0.3 is 5.97 Å². The third-order valence-corrected chi connectivity index (χ3v) is 1.39. The van der Waals surface area contributed by atoms with Crippen LogP contribution in [-0.2, 0) is 14.6 Å². The number of hydrogen-bond acceptors (Lipinski definition) is 3. The summed E-state index contributed by atoms with van der Waals surface area (Å²) in [7, 11) is 0. The van der Waals surface area contributed by atoms with Gasteiger partial charge in [-0.1, -0.05) is 0 Å². The normalized spacial score (nSPS) is 14.5. The van der Waals surface area contributed by atoms with Crippen molar-refractivity contribution in [1.82, 2.24) is 0 Å². The summed E-state index contributed by atoms with van der Waals surface area (Å²) in [6, 6.07) is 0. The fourth-order valence-electron chi connectivity index (χ4n) is 0.835. The van der Waals surface area contributed by atoms with Gasteiger partial charge in [0.05, 0.1) is 0 Å². The van der Waals surface area contributed by atoms with Crippen molar-refractivity contribution in [2.75, 3.05) is 0 Å². The zero-order valence-corrected chi connectivity index (χ0v) is 6.53. The van der Waals surface area contributed by atoms with E-state index in [9.17, 15) is 4.79 Å². The van der Waals surface area contributed by atoms with E-state index >= 15 is 0 Å². The van der Waals surface area contributed by atoms with Gasteiger partial charge in [0.2, 0.25) is 0 Å². The molecule has 0 aliphatic carbocycles. The Morgan fingerprint density at radius 2 is 2.42 bits per heavy atom. The third-order valence-electron chi connectivity index (χ3n) is 1.39. The van der Waals surface area contributed by atoms with E-state index in [4.69, 9.17) is 9.99 Å². The second kappa shape index (κ2) is 4.43. The van der Waals surface area contributed by atoms with Gasteiger partial charge in [0.25, 0.3) is 0 Å². The molecule has 0 bridgehead atoms. The van der Waals surface area contributed by atoms with E-state index in [-0.39, 0.29) is 6.42 Å². The average Bonchev–Trinajstić information content (AvgIpc) is 2.05. The second-order valence-corrected chi connectivity index (χ2v) is 2.39. The van der Waals surface area contributed by atoms with Crippen LogP contribution in [0.3, 0.4) is 0 Å². The Hall–Kier alpha value is -1.45. The van der Waals surface area contributed by atoms with Gasteiger partial charge < -0.3 is 5.11 Å². The largest absolute Gasteiger partial charge is 0.481 e. The molecule has 0 saturated heterocycles. The minimum Gasteiger partial charge on any atom is -0.481 e. The lowest BCUT2D eigenvalue weighted by atomic mass is 10.2. The molecule has 4 nitrogen and oxygen atoms in total. The summed E-state index contributed by atoms with van der Waals surface area (Å²) in [4.78, 5) is 19.4. The van der Waals surface area contributed by atoms with Crippen molar-refractivity contribution in [2.24, 2.45) is 0 Å². The predicted molar refractivity (Wildman–Crippen MR) is 40.9 cm³/mol. The Bertz CT molecular complexity index is 217. The predicted octanol–water partition coefficient (Wildman–Crippen LogP) is 1.60. The first-order valence-electron chi connectivity index (χ1n) is 3.70. The van der Waals surface area contributed by atoms with E-state index in [1.165, 1.54) is 6.26 Å². The molecule has 0 fully saturated rings. The average molecular weight is 170 g/mol. The lowest BCUT2D eigenvalue weighted by molar-refractivity contribution is -0.216. The van der Waals surface area contributed by atoms with Gasteiger partial charge in [-0.3, -0.25) is 14.6 Å². The lowest BCUT2D eigenvalue weighted by Gasteiger charge is -2.08. The first kappa shape index (κ1) is 8.64. The summed E-state index contributed by atoms with van der Waals surface area (Å²) in [6.07, 6.45) is 6.20. The zero-order valence-electron chi connectivity index (χ0n) is 6.53. The highest BCUT2D eigenvalue weighted by molar-refractivity contribution is 5.66. The molecular formula is C8H10O4. The Balaban J connectivity index is 2.18. The van der Waals surface area contributed by atoms with Crippen LogP contribution < -0.4 is 0 Å². The number of aliphatic carboxylic acids is 1. The van der Waals surface area contributed by atoms with Gasteiger partial charge in [0.1, 0.15) is 6.26 Å². The van der Waals surface area contributed by atoms with Gasteiger partial charge in [0, 0.05) is 12.8 Å². The number of rotatable bonds is 4. The highest BCUT2D eigenvalue weighted by atomic mass is 17.2. The SMILES string of the molecule is O=C(O)CCCC1=CC=COO1. The highest BCUT2D eigenvalue weighted by Gasteiger charge is 2.03. The van der Waals surface area contributed by atoms with Gasteiger partial charge in [-0.25, -0.2) is 0 Å². The molecule has 1 aliphatic heterocycles. The monoisotopic (exact) mass is 170 g/mol. The number of allylic oxidation sites excluding steroid dienone is 3. The maximum atomic E-state index is 10.1. The smallest absolute Gasteiger partial charge is 0.303 e. The van der Waals surface area contributed by atoms with E-state index in [0.717, 1.165) is 0 Å². The van der Waals surface area contributed by atoms with Crippen molar-refractivity contribution in [3.8, 4) is 0 Å². The van der Waals surface area contributed by atoms with E-state index in [1.54, 1.807) is 12.2 Å². The first-order chi connectivity index (χ1) is 5.79. The highest BCUT2D eigenvalue weighted by Crippen LogP contribution is 2.12. The Labute approximate surface area is 70.0 Å². The summed E-state index contributed by atoms with van der Waals surface area (Å²) in [5.74, 6) is -0.124. The van der Waals surface area contributed by atoms with Crippen molar-refractivity contribution in [3.05, 3.63) is 24.2 Å². The molecule has 0 unspecified atom stereocenters. The molecule has 66 valence electrons. The van der Waals surface area contributed by atoms with Crippen molar-refractivity contribution < 1.29 is 19.7 Å². The minimum absolute atomic E-state index is 0.157. The maximum Gasteiger partial charge on any atom is 0.303 e. The summed E-state index contributed by atoms with van der Waals surface area (Å²) in [6.45, 7) is 0. The third kappa shape index (κ3) is 3.09. The number of carbonyl (C=O) groups is 1. The van der Waals surface area contributed by atoms with Crippen molar-refractivity contribution in [3.63, 3.8) is 0 Å². The molecule has 0 saturated carbocycles. The molecule has 0 atom stereocenters. The van der Waals surface area contributed by atoms with Crippen molar-refractivity contribution in [1.29, 1.82) is 0 Å². The maximum absolute atomic E-state index is 10.1. The van der Waals surface area contributed by atoms with Crippen LogP contribution in [0.4, 0.5) is 0 Å². The molecular weight excluding hydrogens is 160 g/mol. The molecule has 0 radical (unpaired) electrons. The van der Waals surface area contributed by atoms with E-state index < -0.39 is 5.97 Å². The summed E-state index contributed by atoms with van der Waals surface area (Å²) in [5, 5.41) is 8.34. The first-order valence-corrected chi connectivity index (χ1v) is 3.70. The summed E-state index contributed by atoms with van der Waals surface area (Å²) >= 11 is 0. The van der Waals surface area contributed by atoms with Crippen LogP contribution in [0.5, 0.6) is 0 Å². The summed E-state index contributed by atoms with van der Waals surface area (Å²) < 4.78 is 0. The van der Waals surface area contributed by atoms with Gasteiger partial charge in [-0.15, -0.1) is 0 Å². The van der Waals surface area contributed by atoms with Crippen molar-refractivity contribution in [2.45, 2.75) is 19.3 Å². The minimum atomic E-state index is -0.789. The molecule has 0 aromatic rings. The quantitative estimate of drug-likeness (QED) is 0.651. The number of carboxylic acid groups (broad SMARTS) is 1. The lowest BCUT2D eigenvalue weighted by Crippen LogP contribution is -1.98. The van der Waals surface area contributed by atoms with Gasteiger partial charge in [-0.05, 0) is 18.6 Å². The molecule has 4 heteroatoms. The molecule has 0 aromatic carbocycles. The second-order valence-electron chi connectivity index (χ2n) is 2.39. The molecule has 1 rings (SSSR count). The zero-order chi connectivity index (χ0) is 8.81. The van der Waals surface area contributed by atoms with Crippen LogP contribution in [0, 0.1) is 0 Å². The van der Waals surface area contributed by atoms with Crippen LogP contribution in [0.2, 0.25) is 0 Å². The number of carboxylic acids is 1. The molecule has 1 aliphatic rings. The molecule has 0 aromatic heterocycles. The molecule has 0 spiro atoms. The van der Waals surface area contributed by atoms with E-state index in [2.05, 4.69) is 4.89 Å². The van der Waals surface area contributed by atoms with Gasteiger partial charge in [0.15, 0.2) is 5.76 Å². The van der Waals surface area contributed by atoms with Crippen LogP contribution in [0.15, 0.2) is 24.2 Å². The molecule has 1 heterocycles. The van der Waals surface area contributed by atoms with Crippen LogP contribution in [-0.4, -0.2) is 11.1 Å². The Morgan fingerprint density at radius 3 is 3.00 bits per heavy atom. The van der Waals surface area contributed by atoms with Gasteiger partial charge in [-0.2, -0.15) is 0 Å². The van der Waals surface area contributed by atoms with Crippen molar-refractivity contribution >= 4 is 5.97 Å². The Morgan fingerprint density at radius 1 is 1.58 bits per heavy atom. The standard InChI is InChI=1S/C8H10O4/c9-8(10)5-1-3-7-4-2-6-11-12-7/h2,4,6H,1,3,5H2,(H,9,10). The fraction of sp³-hybridized carbons (Fsp3) is 0.375. The fourth-order valence-corrected chi connectivity index (χ4v) is 0.835. The van der Waals surface area contributed by atoms with E-state index in [0.29, 0.717) is 18.6 Å². The molecule has 0 amide bonds. The van der Waals surface area contributed by atoms with Crippen LogP contribution in [0.1, 0.15) is 19.3 Å². The van der Waals surface area contributed by atoms with Crippen LogP contribution >= 0.6 is 0 Å². The Kier molecular flexibility index (Phi) is 3.19.